The zero-order chi connectivity index (χ0) is 41.7. The van der Waals surface area contributed by atoms with E-state index in [1.54, 1.807) is 25.1 Å². The molecule has 3 fully saturated rings. The number of allylic oxidation sites excluding steroid dienone is 2. The van der Waals surface area contributed by atoms with Gasteiger partial charge in [-0.15, -0.1) is 11.3 Å². The van der Waals surface area contributed by atoms with Gasteiger partial charge in [0.2, 0.25) is 21.8 Å². The van der Waals surface area contributed by atoms with Crippen molar-refractivity contribution in [3.63, 3.8) is 0 Å². The number of sulfonamides is 1. The summed E-state index contributed by atoms with van der Waals surface area (Å²) in [5, 5.41) is 3.54. The molecule has 5 heterocycles. The maximum atomic E-state index is 14.8. The lowest BCUT2D eigenvalue weighted by Crippen LogP contribution is -2.47. The van der Waals surface area contributed by atoms with E-state index in [9.17, 15) is 22.8 Å². The van der Waals surface area contributed by atoms with Gasteiger partial charge in [-0.3, -0.25) is 19.1 Å². The van der Waals surface area contributed by atoms with Crippen LogP contribution in [-0.4, -0.2) is 76.4 Å². The standard InChI is InChI=1S/C44H53N5O8S2/c1-26(2)33-25-58-40(47-33)32-21-37(31-13-14-36(55-5)27(3)39(31)46-32)57-30-20-34-35(50)23-44(42(52)48-59(53,54)43(4)15-16-43)22-29(44)12-10-8-6-7-9-11-28(41(51)49(34)24-30)19-38-45-17-18-56-38/h10,12-14,17-18,21,25-26,28-30,34H,6-9,11,15-16,19-20,22-24H2,1-5H3,(H,48,52)/b12-10-/t28-,29+,30-,34+,44-/m1/s1. The van der Waals surface area contributed by atoms with Crippen molar-refractivity contribution < 1.29 is 36.7 Å². The van der Waals surface area contributed by atoms with Crippen LogP contribution in [0.3, 0.4) is 0 Å². The molecule has 0 spiro atoms. The molecule has 314 valence electrons. The largest absolute Gasteiger partial charge is 0.496 e. The molecule has 0 unspecified atom stereocenters. The lowest BCUT2D eigenvalue weighted by Gasteiger charge is -2.29. The summed E-state index contributed by atoms with van der Waals surface area (Å²) in [6, 6.07) is 4.76. The number of carbonyl (C=O) groups is 3. The van der Waals surface area contributed by atoms with Crippen LogP contribution in [0, 0.1) is 24.2 Å². The lowest BCUT2D eigenvalue weighted by molar-refractivity contribution is -0.142. The summed E-state index contributed by atoms with van der Waals surface area (Å²) in [5.74, 6) is -0.00880. The SMILES string of the molecule is COc1ccc2c(O[C@@H]3C[C@H]4C(=O)C[C@]5(C(=O)NS(=O)(=O)C6(C)CC6)C[C@@H]5/C=C\CCCCC[C@H](Cc5ncco5)C(=O)N4C3)cc(-c3nc(C(C)C)cs3)nc2c1C. The minimum Gasteiger partial charge on any atom is -0.496 e. The van der Waals surface area contributed by atoms with E-state index in [1.807, 2.05) is 42.7 Å². The van der Waals surface area contributed by atoms with E-state index in [-0.39, 0.29) is 49.3 Å². The second kappa shape index (κ2) is 16.1. The first kappa shape index (κ1) is 41.1. The van der Waals surface area contributed by atoms with Crippen molar-refractivity contribution in [2.75, 3.05) is 13.7 Å². The Morgan fingerprint density at radius 1 is 1.14 bits per heavy atom. The Morgan fingerprint density at radius 2 is 1.95 bits per heavy atom. The fourth-order valence-electron chi connectivity index (χ4n) is 8.64. The molecule has 4 aromatic rings. The van der Waals surface area contributed by atoms with Gasteiger partial charge >= 0.3 is 0 Å². The summed E-state index contributed by atoms with van der Waals surface area (Å²) in [5.41, 5.74) is 1.91. The highest BCUT2D eigenvalue weighted by molar-refractivity contribution is 7.91. The predicted octanol–water partition coefficient (Wildman–Crippen LogP) is 7.48. The van der Waals surface area contributed by atoms with E-state index in [0.717, 1.165) is 47.3 Å². The van der Waals surface area contributed by atoms with Crippen molar-refractivity contribution in [2.45, 2.75) is 121 Å². The number of ether oxygens (including phenoxy) is 2. The van der Waals surface area contributed by atoms with Crippen molar-refractivity contribution >= 4 is 49.9 Å². The van der Waals surface area contributed by atoms with Gasteiger partial charge in [0.15, 0.2) is 11.7 Å². The number of pyridine rings is 1. The number of fused-ring (bicyclic) bond motifs is 3. The third kappa shape index (κ3) is 8.16. The highest BCUT2D eigenvalue weighted by Crippen LogP contribution is 2.57. The van der Waals surface area contributed by atoms with Crippen LogP contribution in [0.5, 0.6) is 11.5 Å². The van der Waals surface area contributed by atoms with Gasteiger partial charge in [-0.05, 0) is 76.3 Å². The number of oxazole rings is 1. The van der Waals surface area contributed by atoms with E-state index in [1.165, 1.54) is 17.6 Å². The van der Waals surface area contributed by atoms with Crippen molar-refractivity contribution in [2.24, 2.45) is 17.3 Å². The van der Waals surface area contributed by atoms with Gasteiger partial charge < -0.3 is 18.8 Å². The summed E-state index contributed by atoms with van der Waals surface area (Å²) in [4.78, 5) is 59.5. The number of methoxy groups -OCH3 is 1. The number of ketones is 1. The molecular formula is C44H53N5O8S2. The first-order chi connectivity index (χ1) is 28.2. The van der Waals surface area contributed by atoms with Crippen molar-refractivity contribution in [1.29, 1.82) is 0 Å². The molecule has 0 bridgehead atoms. The van der Waals surface area contributed by atoms with Crippen LogP contribution in [0.15, 0.2) is 52.6 Å². The fraction of sp³-hybridized carbons (Fsp3) is 0.545. The number of rotatable bonds is 10. The topological polar surface area (TPSA) is 171 Å². The van der Waals surface area contributed by atoms with Gasteiger partial charge in [-0.25, -0.2) is 23.4 Å². The van der Waals surface area contributed by atoms with Crippen molar-refractivity contribution in [1.82, 2.24) is 24.6 Å². The van der Waals surface area contributed by atoms with Gasteiger partial charge in [0.1, 0.15) is 34.6 Å². The average molecular weight is 844 g/mol. The number of hydrogen-bond acceptors (Lipinski definition) is 12. The molecule has 59 heavy (non-hydrogen) atoms. The van der Waals surface area contributed by atoms with Gasteiger partial charge in [0, 0.05) is 47.6 Å². The number of amides is 2. The van der Waals surface area contributed by atoms with Gasteiger partial charge in [0.25, 0.3) is 0 Å². The zero-order valence-corrected chi connectivity index (χ0v) is 36.0. The summed E-state index contributed by atoms with van der Waals surface area (Å²) < 4.78 is 46.1. The molecule has 15 heteroatoms. The number of Topliss-reactive ketones (excluding diaryl/α,β-unsaturated/α-hetero) is 1. The second-order valence-electron chi connectivity index (χ2n) is 17.4. The maximum absolute atomic E-state index is 14.8. The van der Waals surface area contributed by atoms with E-state index >= 15 is 0 Å². The molecule has 1 aromatic carbocycles. The quantitative estimate of drug-likeness (QED) is 0.157. The fourth-order valence-corrected chi connectivity index (χ4v) is 10.9. The van der Waals surface area contributed by atoms with Crippen LogP contribution in [0.2, 0.25) is 0 Å². The lowest BCUT2D eigenvalue weighted by atomic mass is 9.90. The van der Waals surface area contributed by atoms with E-state index in [4.69, 9.17) is 23.9 Å². The highest BCUT2D eigenvalue weighted by atomic mass is 32.2. The molecule has 2 aliphatic heterocycles. The summed E-state index contributed by atoms with van der Waals surface area (Å²) in [7, 11) is -2.32. The minimum absolute atomic E-state index is 0.135. The Labute approximate surface area is 349 Å². The third-order valence-corrected chi connectivity index (χ3v) is 15.9. The molecule has 1 saturated heterocycles. The molecule has 13 nitrogen and oxygen atoms in total. The van der Waals surface area contributed by atoms with Crippen molar-refractivity contribution in [3.05, 3.63) is 65.3 Å². The van der Waals surface area contributed by atoms with Gasteiger partial charge in [-0.2, -0.15) is 0 Å². The number of carbonyl (C=O) groups excluding carboxylic acids is 3. The van der Waals surface area contributed by atoms with Crippen LogP contribution in [0.4, 0.5) is 0 Å². The summed E-state index contributed by atoms with van der Waals surface area (Å²) in [6.45, 7) is 7.90. The number of aromatic nitrogens is 3. The van der Waals surface area contributed by atoms with E-state index in [0.29, 0.717) is 54.3 Å². The van der Waals surface area contributed by atoms with Gasteiger partial charge in [-0.1, -0.05) is 38.8 Å². The number of nitrogens with one attached hydrogen (secondary N) is 1. The first-order valence-electron chi connectivity index (χ1n) is 20.8. The zero-order valence-electron chi connectivity index (χ0n) is 34.4. The second-order valence-corrected chi connectivity index (χ2v) is 20.5. The molecule has 8 rings (SSSR count). The number of aryl methyl sites for hydroxylation is 1. The Kier molecular flexibility index (Phi) is 11.2. The summed E-state index contributed by atoms with van der Waals surface area (Å²) in [6.07, 6.45) is 12.0. The minimum atomic E-state index is -3.94. The van der Waals surface area contributed by atoms with E-state index < -0.39 is 44.2 Å². The van der Waals surface area contributed by atoms with Crippen LogP contribution in [0.25, 0.3) is 21.6 Å². The molecule has 0 radical (unpaired) electrons. The normalized spacial score (nSPS) is 26.4. The molecule has 1 N–H and O–H groups in total. The van der Waals surface area contributed by atoms with Crippen molar-refractivity contribution in [3.8, 4) is 22.2 Å². The van der Waals surface area contributed by atoms with Crippen LogP contribution >= 0.6 is 11.3 Å². The Balaban J connectivity index is 1.15. The smallest absolute Gasteiger partial charge is 0.240 e. The molecule has 5 atom stereocenters. The average Bonchev–Trinajstić information content (AvgIpc) is 3.79. The maximum Gasteiger partial charge on any atom is 0.240 e. The first-order valence-corrected chi connectivity index (χ1v) is 23.1. The third-order valence-electron chi connectivity index (χ3n) is 12.9. The summed E-state index contributed by atoms with van der Waals surface area (Å²) >= 11 is 1.51. The Morgan fingerprint density at radius 3 is 2.66 bits per heavy atom. The Hall–Kier alpha value is -4.63. The molecule has 2 saturated carbocycles. The van der Waals surface area contributed by atoms with Crippen LogP contribution in [-0.2, 0) is 30.8 Å². The van der Waals surface area contributed by atoms with Gasteiger partial charge in [0.05, 0.1) is 47.3 Å². The van der Waals surface area contributed by atoms with E-state index in [2.05, 4.69) is 23.6 Å². The number of benzene rings is 1. The number of thiazole rings is 1. The molecule has 4 aliphatic rings. The highest BCUT2D eigenvalue weighted by Gasteiger charge is 2.62. The predicted molar refractivity (Wildman–Crippen MR) is 224 cm³/mol. The van der Waals surface area contributed by atoms with Crippen LogP contribution in [0.1, 0.15) is 108 Å². The molecule has 2 aliphatic carbocycles. The van der Waals surface area contributed by atoms with Crippen LogP contribution < -0.4 is 14.2 Å². The monoisotopic (exact) mass is 843 g/mol. The Bertz CT molecular complexity index is 2390. The number of hydrogen-bond donors (Lipinski definition) is 1. The molecule has 2 amide bonds. The number of nitrogens with zero attached hydrogens (tertiary/aromatic N) is 4. The molecule has 3 aromatic heterocycles. The molecular weight excluding hydrogens is 791 g/mol.